The monoisotopic (exact) mass is 373 g/mol. The van der Waals surface area contributed by atoms with Crippen molar-refractivity contribution in [3.05, 3.63) is 17.5 Å². The molecule has 0 saturated heterocycles. The summed E-state index contributed by atoms with van der Waals surface area (Å²) in [5.74, 6) is 0.909. The number of alkyl halides is 3. The van der Waals surface area contributed by atoms with Gasteiger partial charge >= 0.3 is 6.18 Å². The highest BCUT2D eigenvalue weighted by molar-refractivity contribution is 7.12. The van der Waals surface area contributed by atoms with E-state index in [9.17, 15) is 18.0 Å². The first-order valence-corrected chi connectivity index (χ1v) is 9.13. The average Bonchev–Trinajstić information content (AvgIpc) is 3.25. The number of carbonyl (C=O) groups is 1. The van der Waals surface area contributed by atoms with Crippen LogP contribution in [0, 0.1) is 5.92 Å². The van der Waals surface area contributed by atoms with Gasteiger partial charge in [-0.25, -0.2) is 4.98 Å². The van der Waals surface area contributed by atoms with Crippen molar-refractivity contribution in [1.82, 2.24) is 15.1 Å². The highest BCUT2D eigenvalue weighted by atomic mass is 32.1. The van der Waals surface area contributed by atoms with Crippen LogP contribution in [0.5, 0.6) is 0 Å². The van der Waals surface area contributed by atoms with Gasteiger partial charge in [-0.3, -0.25) is 4.79 Å². The van der Waals surface area contributed by atoms with Crippen molar-refractivity contribution in [3.63, 3.8) is 0 Å². The Labute approximate surface area is 146 Å². The molecule has 2 heterocycles. The Morgan fingerprint density at radius 3 is 2.68 bits per heavy atom. The number of ketones is 1. The fourth-order valence-electron chi connectivity index (χ4n) is 3.15. The largest absolute Gasteiger partial charge is 0.389 e. The normalized spacial score (nSPS) is 21.4. The lowest BCUT2D eigenvalue weighted by Crippen LogP contribution is -2.21. The van der Waals surface area contributed by atoms with Gasteiger partial charge in [-0.05, 0) is 32.1 Å². The minimum atomic E-state index is -4.19. The van der Waals surface area contributed by atoms with E-state index in [4.69, 9.17) is 4.52 Å². The first kappa shape index (κ1) is 18.0. The first-order chi connectivity index (χ1) is 11.9. The van der Waals surface area contributed by atoms with Crippen molar-refractivity contribution in [1.29, 1.82) is 0 Å². The SMILES string of the molecule is O=C(CCCC(F)(F)F)C1CCC(c2nc(-c3nccs3)no2)CC1. The molecule has 0 bridgehead atoms. The summed E-state index contributed by atoms with van der Waals surface area (Å²) >= 11 is 1.43. The molecule has 1 aliphatic rings. The first-order valence-electron chi connectivity index (χ1n) is 8.25. The summed E-state index contributed by atoms with van der Waals surface area (Å²) in [6.45, 7) is 0. The van der Waals surface area contributed by atoms with Gasteiger partial charge in [0.15, 0.2) is 5.01 Å². The van der Waals surface area contributed by atoms with E-state index in [1.165, 1.54) is 11.3 Å². The predicted molar refractivity (Wildman–Crippen MR) is 85.0 cm³/mol. The van der Waals surface area contributed by atoms with Gasteiger partial charge in [0.2, 0.25) is 11.7 Å². The van der Waals surface area contributed by atoms with Crippen molar-refractivity contribution in [3.8, 4) is 10.8 Å². The van der Waals surface area contributed by atoms with E-state index in [2.05, 4.69) is 15.1 Å². The summed E-state index contributed by atoms with van der Waals surface area (Å²) in [5, 5.41) is 6.47. The Bertz CT molecular complexity index is 692. The lowest BCUT2D eigenvalue weighted by atomic mass is 9.79. The van der Waals surface area contributed by atoms with Gasteiger partial charge in [0, 0.05) is 36.3 Å². The van der Waals surface area contributed by atoms with Gasteiger partial charge < -0.3 is 4.52 Å². The number of carbonyl (C=O) groups excluding carboxylic acids is 1. The molecule has 0 radical (unpaired) electrons. The molecule has 0 N–H and O–H groups in total. The van der Waals surface area contributed by atoms with E-state index in [-0.39, 0.29) is 30.5 Å². The summed E-state index contributed by atoms with van der Waals surface area (Å²) < 4.78 is 41.8. The Balaban J connectivity index is 1.48. The Hall–Kier alpha value is -1.77. The molecule has 2 aromatic rings. The topological polar surface area (TPSA) is 68.9 Å². The zero-order valence-electron chi connectivity index (χ0n) is 13.5. The number of hydrogen-bond acceptors (Lipinski definition) is 6. The van der Waals surface area contributed by atoms with E-state index in [1.54, 1.807) is 6.20 Å². The number of aromatic nitrogens is 3. The molecule has 0 amide bonds. The van der Waals surface area contributed by atoms with Gasteiger partial charge in [0.05, 0.1) is 0 Å². The standard InChI is InChI=1S/C16H18F3N3O2S/c17-16(18,19)7-1-2-12(23)10-3-5-11(6-4-10)14-21-13(22-24-14)15-20-8-9-25-15/h8-11H,1-7H2. The van der Waals surface area contributed by atoms with E-state index in [1.807, 2.05) is 5.38 Å². The summed E-state index contributed by atoms with van der Waals surface area (Å²) in [4.78, 5) is 20.6. The van der Waals surface area contributed by atoms with Crippen LogP contribution in [-0.2, 0) is 4.79 Å². The average molecular weight is 373 g/mol. The summed E-state index contributed by atoms with van der Waals surface area (Å²) in [6.07, 6.45) is -0.752. The minimum Gasteiger partial charge on any atom is -0.339 e. The number of Topliss-reactive ketones (excluding diaryl/α,β-unsaturated/α-hetero) is 1. The molecular weight excluding hydrogens is 355 g/mol. The summed E-state index contributed by atoms with van der Waals surface area (Å²) in [6, 6.07) is 0. The molecule has 0 unspecified atom stereocenters. The maximum atomic E-state index is 12.2. The van der Waals surface area contributed by atoms with Crippen molar-refractivity contribution in [2.75, 3.05) is 0 Å². The second kappa shape index (κ2) is 7.63. The Morgan fingerprint density at radius 1 is 1.28 bits per heavy atom. The molecule has 9 heteroatoms. The van der Waals surface area contributed by atoms with Gasteiger partial charge in [-0.2, -0.15) is 18.2 Å². The Morgan fingerprint density at radius 2 is 2.04 bits per heavy atom. The molecule has 1 aliphatic carbocycles. The van der Waals surface area contributed by atoms with Crippen LogP contribution < -0.4 is 0 Å². The maximum Gasteiger partial charge on any atom is 0.389 e. The third-order valence-corrected chi connectivity index (χ3v) is 5.25. The molecule has 1 saturated carbocycles. The molecular formula is C16H18F3N3O2S. The second-order valence-corrected chi connectivity index (χ2v) is 7.17. The number of rotatable bonds is 6. The number of halogens is 3. The molecule has 0 aromatic carbocycles. The molecule has 25 heavy (non-hydrogen) atoms. The van der Waals surface area contributed by atoms with Gasteiger partial charge in [0.25, 0.3) is 0 Å². The fourth-order valence-corrected chi connectivity index (χ4v) is 3.71. The van der Waals surface area contributed by atoms with E-state index >= 15 is 0 Å². The highest BCUT2D eigenvalue weighted by Crippen LogP contribution is 2.37. The van der Waals surface area contributed by atoms with Crippen LogP contribution >= 0.6 is 11.3 Å². The number of thiazole rings is 1. The third-order valence-electron chi connectivity index (χ3n) is 4.48. The molecule has 136 valence electrons. The maximum absolute atomic E-state index is 12.2. The van der Waals surface area contributed by atoms with Crippen molar-refractivity contribution < 1.29 is 22.5 Å². The van der Waals surface area contributed by atoms with Crippen LogP contribution in [-0.4, -0.2) is 27.1 Å². The van der Waals surface area contributed by atoms with Crippen LogP contribution in [0.15, 0.2) is 16.1 Å². The number of nitrogens with zero attached hydrogens (tertiary/aromatic N) is 3. The van der Waals surface area contributed by atoms with Gasteiger partial charge in [0.1, 0.15) is 5.78 Å². The predicted octanol–water partition coefficient (Wildman–Crippen LogP) is 4.77. The molecule has 2 aromatic heterocycles. The van der Waals surface area contributed by atoms with Crippen molar-refractivity contribution in [2.45, 2.75) is 57.0 Å². The van der Waals surface area contributed by atoms with Crippen LogP contribution in [0.3, 0.4) is 0 Å². The zero-order valence-corrected chi connectivity index (χ0v) is 14.3. The van der Waals surface area contributed by atoms with Crippen molar-refractivity contribution in [2.24, 2.45) is 5.92 Å². The van der Waals surface area contributed by atoms with E-state index in [0.717, 1.165) is 12.8 Å². The second-order valence-electron chi connectivity index (χ2n) is 6.28. The van der Waals surface area contributed by atoms with Crippen molar-refractivity contribution >= 4 is 17.1 Å². The quantitative estimate of drug-likeness (QED) is 0.730. The lowest BCUT2D eigenvalue weighted by molar-refractivity contribution is -0.137. The number of hydrogen-bond donors (Lipinski definition) is 0. The lowest BCUT2D eigenvalue weighted by Gasteiger charge is -2.25. The van der Waals surface area contributed by atoms with E-state index < -0.39 is 12.6 Å². The third kappa shape index (κ3) is 4.87. The highest BCUT2D eigenvalue weighted by Gasteiger charge is 2.31. The Kier molecular flexibility index (Phi) is 5.51. The van der Waals surface area contributed by atoms with Gasteiger partial charge in [-0.15, -0.1) is 11.3 Å². The zero-order chi connectivity index (χ0) is 17.9. The molecule has 0 aliphatic heterocycles. The van der Waals surface area contributed by atoms with Crippen LogP contribution in [0.1, 0.15) is 56.8 Å². The minimum absolute atomic E-state index is 0.00357. The van der Waals surface area contributed by atoms with Crippen LogP contribution in [0.4, 0.5) is 13.2 Å². The summed E-state index contributed by atoms with van der Waals surface area (Å²) in [5.41, 5.74) is 0. The van der Waals surface area contributed by atoms with E-state index in [0.29, 0.717) is 29.6 Å². The smallest absolute Gasteiger partial charge is 0.339 e. The van der Waals surface area contributed by atoms with Crippen LogP contribution in [0.2, 0.25) is 0 Å². The molecule has 5 nitrogen and oxygen atoms in total. The molecule has 1 fully saturated rings. The van der Waals surface area contributed by atoms with Gasteiger partial charge in [-0.1, -0.05) is 5.16 Å². The summed E-state index contributed by atoms with van der Waals surface area (Å²) in [7, 11) is 0. The molecule has 0 atom stereocenters. The molecule has 3 rings (SSSR count). The van der Waals surface area contributed by atoms with Crippen LogP contribution in [0.25, 0.3) is 10.8 Å². The molecule has 0 spiro atoms. The fraction of sp³-hybridized carbons (Fsp3) is 0.625.